The van der Waals surface area contributed by atoms with Gasteiger partial charge in [-0.25, -0.2) is 14.6 Å². The number of alkyl carbamates (subject to hydrolysis) is 1. The van der Waals surface area contributed by atoms with Gasteiger partial charge in [-0.3, -0.25) is 9.78 Å². The van der Waals surface area contributed by atoms with E-state index in [2.05, 4.69) is 39.8 Å². The van der Waals surface area contributed by atoms with Crippen LogP contribution >= 0.6 is 22.7 Å². The Hall–Kier alpha value is -4.33. The van der Waals surface area contributed by atoms with Crippen LogP contribution in [0, 0.1) is 5.92 Å². The lowest BCUT2D eigenvalue weighted by molar-refractivity contribution is -0.126. The highest BCUT2D eigenvalue weighted by atomic mass is 32.1. The van der Waals surface area contributed by atoms with Gasteiger partial charge in [-0.05, 0) is 43.2 Å². The molecule has 0 unspecified atom stereocenters. The molecule has 11 nitrogen and oxygen atoms in total. The third kappa shape index (κ3) is 12.4. The van der Waals surface area contributed by atoms with Gasteiger partial charge in [0.05, 0.1) is 39.8 Å². The minimum Gasteiger partial charge on any atom is -0.444 e. The molecule has 2 heterocycles. The molecule has 0 radical (unpaired) electrons. The maximum atomic E-state index is 14.1. The minimum absolute atomic E-state index is 0.0622. The maximum absolute atomic E-state index is 14.1. The first-order valence-electron chi connectivity index (χ1n) is 17.2. The number of thiazole rings is 2. The van der Waals surface area contributed by atoms with E-state index in [4.69, 9.17) is 4.74 Å². The van der Waals surface area contributed by atoms with Crippen molar-refractivity contribution in [2.75, 3.05) is 7.05 Å². The fourth-order valence-electron chi connectivity index (χ4n) is 5.74. The number of benzene rings is 2. The Morgan fingerprint density at radius 2 is 1.63 bits per heavy atom. The van der Waals surface area contributed by atoms with E-state index in [9.17, 15) is 19.5 Å². The van der Waals surface area contributed by atoms with Crippen LogP contribution in [0.5, 0.6) is 0 Å². The summed E-state index contributed by atoms with van der Waals surface area (Å²) in [5.41, 5.74) is 3.36. The molecule has 13 heteroatoms. The predicted octanol–water partition coefficient (Wildman–Crippen LogP) is 6.30. The third-order valence-corrected chi connectivity index (χ3v) is 10.4. The van der Waals surface area contributed by atoms with Crippen LogP contribution in [0.3, 0.4) is 0 Å². The average molecular weight is 735 g/mol. The second-order valence-corrected chi connectivity index (χ2v) is 15.7. The summed E-state index contributed by atoms with van der Waals surface area (Å²) in [6, 6.07) is 17.3. The third-order valence-electron chi connectivity index (χ3n) is 8.45. The van der Waals surface area contributed by atoms with Gasteiger partial charge in [0.2, 0.25) is 5.91 Å². The number of nitrogens with one attached hydrogen (secondary N) is 3. The predicted molar refractivity (Wildman–Crippen MR) is 202 cm³/mol. The van der Waals surface area contributed by atoms with Crippen LogP contribution in [0.15, 0.2) is 77.8 Å². The number of hydrogen-bond acceptors (Lipinski definition) is 9. The number of aromatic nitrogens is 2. The van der Waals surface area contributed by atoms with Gasteiger partial charge in [-0.1, -0.05) is 88.4 Å². The van der Waals surface area contributed by atoms with Gasteiger partial charge in [-0.15, -0.1) is 22.7 Å². The lowest BCUT2D eigenvalue weighted by atomic mass is 9.83. The van der Waals surface area contributed by atoms with Crippen molar-refractivity contribution >= 4 is 40.7 Å². The summed E-state index contributed by atoms with van der Waals surface area (Å²) in [6.07, 6.45) is 0.720. The Morgan fingerprint density at radius 1 is 0.961 bits per heavy atom. The van der Waals surface area contributed by atoms with Crippen molar-refractivity contribution in [2.24, 2.45) is 5.92 Å². The largest absolute Gasteiger partial charge is 0.444 e. The summed E-state index contributed by atoms with van der Waals surface area (Å²) in [5.74, 6) is -0.307. The Balaban J connectivity index is 1.51. The van der Waals surface area contributed by atoms with E-state index in [1.807, 2.05) is 86.8 Å². The van der Waals surface area contributed by atoms with E-state index in [-0.39, 0.29) is 24.9 Å². The first kappa shape index (κ1) is 39.5. The van der Waals surface area contributed by atoms with Gasteiger partial charge in [0.25, 0.3) is 0 Å². The molecular weight excluding hydrogens is 685 g/mol. The van der Waals surface area contributed by atoms with E-state index >= 15 is 0 Å². The molecule has 0 bridgehead atoms. The molecule has 0 saturated heterocycles. The van der Waals surface area contributed by atoms with Gasteiger partial charge in [0.15, 0.2) is 0 Å². The van der Waals surface area contributed by atoms with Crippen molar-refractivity contribution in [1.82, 2.24) is 30.8 Å². The Labute approximate surface area is 308 Å². The highest BCUT2D eigenvalue weighted by Gasteiger charge is 2.37. The summed E-state index contributed by atoms with van der Waals surface area (Å²) < 4.78 is 5.45. The second-order valence-electron chi connectivity index (χ2n) is 13.8. The second kappa shape index (κ2) is 18.8. The molecule has 51 heavy (non-hydrogen) atoms. The smallest absolute Gasteiger partial charge is 0.407 e. The van der Waals surface area contributed by atoms with Crippen LogP contribution < -0.4 is 16.0 Å². The fourth-order valence-corrected chi connectivity index (χ4v) is 7.07. The van der Waals surface area contributed by atoms with Gasteiger partial charge >= 0.3 is 12.1 Å². The summed E-state index contributed by atoms with van der Waals surface area (Å²) in [5, 5.41) is 23.8. The van der Waals surface area contributed by atoms with Gasteiger partial charge in [-0.2, -0.15) is 0 Å². The molecule has 2 aromatic heterocycles. The van der Waals surface area contributed by atoms with Gasteiger partial charge in [0, 0.05) is 30.1 Å². The SMILES string of the molecule is CC(C)c1nc(CN(C)C(=O)N[C@H](C(=O)N[C@@](C)(Cc2ccccc2)C[C@H](O)[C@@H](Cc2ccccc2)NC(=O)OCc2cncs2)C(C)C)cs1. The molecule has 0 aliphatic heterocycles. The highest BCUT2D eigenvalue weighted by Crippen LogP contribution is 2.24. The molecule has 0 saturated carbocycles. The number of ether oxygens (including phenoxy) is 1. The number of aliphatic hydroxyl groups excluding tert-OH is 1. The van der Waals surface area contributed by atoms with Crippen molar-refractivity contribution in [1.29, 1.82) is 0 Å². The van der Waals surface area contributed by atoms with Crippen molar-refractivity contribution in [3.63, 3.8) is 0 Å². The van der Waals surface area contributed by atoms with Crippen LogP contribution in [0.1, 0.15) is 73.7 Å². The maximum Gasteiger partial charge on any atom is 0.407 e. The first-order valence-corrected chi connectivity index (χ1v) is 18.9. The monoisotopic (exact) mass is 734 g/mol. The summed E-state index contributed by atoms with van der Waals surface area (Å²) in [6.45, 7) is 10.2. The molecule has 4 rings (SSSR count). The normalized spacial score (nSPS) is 14.3. The number of carbonyl (C=O) groups excluding carboxylic acids is 3. The quantitative estimate of drug-likeness (QED) is 0.0997. The Kier molecular flexibility index (Phi) is 14.5. The van der Waals surface area contributed by atoms with Crippen molar-refractivity contribution < 1.29 is 24.2 Å². The van der Waals surface area contributed by atoms with Crippen molar-refractivity contribution in [2.45, 2.75) is 96.7 Å². The lowest BCUT2D eigenvalue weighted by Gasteiger charge is -2.37. The number of urea groups is 1. The number of hydrogen-bond donors (Lipinski definition) is 4. The zero-order chi connectivity index (χ0) is 37.0. The van der Waals surface area contributed by atoms with Crippen molar-refractivity contribution in [3.8, 4) is 0 Å². The molecule has 0 aliphatic carbocycles. The standard InChI is InChI=1S/C38H50N6O5S2/c1-25(2)33(42-36(47)44(6)21-29-23-50-35(40-29)26(3)4)34(46)43-38(5,18-28-15-11-8-12-16-28)19-32(45)31(17-27-13-9-7-10-14-27)41-37(48)49-22-30-20-39-24-51-30/h7-16,20,23-26,31-33,45H,17-19,21-22H2,1-6H3,(H,41,48)(H,42,47)(H,43,46)/t31-,32+,33+,38+/m1/s1. The lowest BCUT2D eigenvalue weighted by Crippen LogP contribution is -2.60. The molecule has 0 fully saturated rings. The van der Waals surface area contributed by atoms with Gasteiger partial charge in [0.1, 0.15) is 12.6 Å². The molecule has 4 amide bonds. The zero-order valence-electron chi connectivity index (χ0n) is 30.2. The van der Waals surface area contributed by atoms with Gasteiger partial charge < -0.3 is 30.7 Å². The first-order chi connectivity index (χ1) is 24.3. The minimum atomic E-state index is -1.08. The summed E-state index contributed by atoms with van der Waals surface area (Å²) in [4.78, 5) is 51.4. The molecule has 0 aliphatic rings. The van der Waals surface area contributed by atoms with Crippen LogP contribution in [0.4, 0.5) is 9.59 Å². The molecule has 4 aromatic rings. The van der Waals surface area contributed by atoms with Crippen LogP contribution in [-0.4, -0.2) is 68.8 Å². The Bertz CT molecular complexity index is 1670. The van der Waals surface area contributed by atoms with E-state index in [0.29, 0.717) is 25.3 Å². The number of carbonyl (C=O) groups is 3. The van der Waals surface area contributed by atoms with Crippen LogP contribution in [0.2, 0.25) is 0 Å². The van der Waals surface area contributed by atoms with E-state index < -0.39 is 35.9 Å². The molecular formula is C38H50N6O5S2. The Morgan fingerprint density at radius 3 is 2.22 bits per heavy atom. The van der Waals surface area contributed by atoms with E-state index in [1.165, 1.54) is 16.2 Å². The van der Waals surface area contributed by atoms with Crippen LogP contribution in [-0.2, 0) is 35.5 Å². The van der Waals surface area contributed by atoms with E-state index in [1.54, 1.807) is 30.1 Å². The number of amides is 4. The molecule has 274 valence electrons. The number of nitrogens with zero attached hydrogens (tertiary/aromatic N) is 3. The van der Waals surface area contributed by atoms with E-state index in [0.717, 1.165) is 26.7 Å². The summed E-state index contributed by atoms with van der Waals surface area (Å²) >= 11 is 2.95. The molecule has 4 N–H and O–H groups in total. The topological polar surface area (TPSA) is 146 Å². The highest BCUT2D eigenvalue weighted by molar-refractivity contribution is 7.09. The van der Waals surface area contributed by atoms with Crippen LogP contribution in [0.25, 0.3) is 0 Å². The number of aliphatic hydroxyl groups is 1. The number of rotatable bonds is 17. The average Bonchev–Trinajstić information content (AvgIpc) is 3.79. The fraction of sp³-hybridized carbons (Fsp3) is 0.447. The van der Waals surface area contributed by atoms with Crippen molar-refractivity contribution in [3.05, 3.63) is 104 Å². The summed E-state index contributed by atoms with van der Waals surface area (Å²) in [7, 11) is 1.68. The molecule has 4 atom stereocenters. The molecule has 2 aromatic carbocycles. The zero-order valence-corrected chi connectivity index (χ0v) is 31.8. The molecule has 0 spiro atoms.